The maximum absolute atomic E-state index is 12.8. The number of benzene rings is 2. The highest BCUT2D eigenvalue weighted by Crippen LogP contribution is 2.43. The molecular weight excluding hydrogens is 336 g/mol. The maximum atomic E-state index is 12.8. The zero-order valence-electron chi connectivity index (χ0n) is 14.6. The van der Waals surface area contributed by atoms with Crippen molar-refractivity contribution in [3.63, 3.8) is 0 Å². The molecule has 1 atom stereocenters. The lowest BCUT2D eigenvalue weighted by Gasteiger charge is -2.26. The van der Waals surface area contributed by atoms with Gasteiger partial charge in [0.1, 0.15) is 16.9 Å². The van der Waals surface area contributed by atoms with Crippen molar-refractivity contribution in [2.24, 2.45) is 0 Å². The van der Waals surface area contributed by atoms with E-state index >= 15 is 0 Å². The highest BCUT2D eigenvalue weighted by Gasteiger charge is 2.33. The summed E-state index contributed by atoms with van der Waals surface area (Å²) in [6.45, 7) is 2.71. The van der Waals surface area contributed by atoms with Crippen molar-refractivity contribution in [1.29, 1.82) is 0 Å². The number of urea groups is 1. The van der Waals surface area contributed by atoms with Gasteiger partial charge in [-0.05, 0) is 37.3 Å². The number of carbonyl (C=O) groups excluding carboxylic acids is 1. The third-order valence-corrected chi connectivity index (χ3v) is 5.40. The van der Waals surface area contributed by atoms with Gasteiger partial charge in [-0.2, -0.15) is 0 Å². The molecule has 2 amide bonds. The summed E-state index contributed by atoms with van der Waals surface area (Å²) >= 11 is 1.72. The number of amides is 2. The van der Waals surface area contributed by atoms with Crippen molar-refractivity contribution in [3.05, 3.63) is 53.6 Å². The van der Waals surface area contributed by atoms with E-state index in [0.717, 1.165) is 34.1 Å². The molecule has 0 aliphatic carbocycles. The zero-order valence-corrected chi connectivity index (χ0v) is 15.4. The van der Waals surface area contributed by atoms with E-state index in [1.165, 1.54) is 0 Å². The minimum atomic E-state index is -0.108. The van der Waals surface area contributed by atoms with Crippen LogP contribution in [0.2, 0.25) is 0 Å². The van der Waals surface area contributed by atoms with Crippen LogP contribution in [0, 0.1) is 6.92 Å². The maximum Gasteiger partial charge on any atom is 0.323 e. The number of ether oxygens (including phenoxy) is 2. The quantitative estimate of drug-likeness (QED) is 0.886. The highest BCUT2D eigenvalue weighted by atomic mass is 32.2. The van der Waals surface area contributed by atoms with E-state index in [2.05, 4.69) is 5.32 Å². The van der Waals surface area contributed by atoms with Crippen molar-refractivity contribution in [2.75, 3.05) is 31.8 Å². The lowest BCUT2D eigenvalue weighted by molar-refractivity contribution is 0.213. The second kappa shape index (κ2) is 7.70. The van der Waals surface area contributed by atoms with Gasteiger partial charge in [-0.15, -0.1) is 11.8 Å². The van der Waals surface area contributed by atoms with Gasteiger partial charge in [-0.1, -0.05) is 17.7 Å². The van der Waals surface area contributed by atoms with Gasteiger partial charge < -0.3 is 19.7 Å². The molecule has 132 valence electrons. The first-order valence-corrected chi connectivity index (χ1v) is 9.15. The summed E-state index contributed by atoms with van der Waals surface area (Å²) in [6.07, 6.45) is 0. The third kappa shape index (κ3) is 3.85. The van der Waals surface area contributed by atoms with Crippen molar-refractivity contribution >= 4 is 23.5 Å². The topological polar surface area (TPSA) is 50.8 Å². The lowest BCUT2D eigenvalue weighted by Crippen LogP contribution is -2.34. The molecule has 0 radical (unpaired) electrons. The molecule has 0 saturated carbocycles. The second-order valence-corrected chi connectivity index (χ2v) is 7.01. The highest BCUT2D eigenvalue weighted by molar-refractivity contribution is 7.99. The van der Waals surface area contributed by atoms with Crippen molar-refractivity contribution in [2.45, 2.75) is 12.3 Å². The number of methoxy groups -OCH3 is 2. The summed E-state index contributed by atoms with van der Waals surface area (Å²) in [6, 6.07) is 13.4. The molecule has 3 rings (SSSR count). The van der Waals surface area contributed by atoms with Gasteiger partial charge in [0.2, 0.25) is 0 Å². The van der Waals surface area contributed by atoms with Crippen molar-refractivity contribution in [1.82, 2.24) is 4.90 Å². The Morgan fingerprint density at radius 2 is 1.92 bits per heavy atom. The Morgan fingerprint density at radius 3 is 2.60 bits per heavy atom. The van der Waals surface area contributed by atoms with E-state index in [0.29, 0.717) is 6.54 Å². The van der Waals surface area contributed by atoms with E-state index in [4.69, 9.17) is 9.47 Å². The van der Waals surface area contributed by atoms with Crippen LogP contribution < -0.4 is 14.8 Å². The molecule has 0 unspecified atom stereocenters. The summed E-state index contributed by atoms with van der Waals surface area (Å²) in [4.78, 5) is 14.6. The van der Waals surface area contributed by atoms with Gasteiger partial charge in [-0.25, -0.2) is 4.79 Å². The molecule has 2 aromatic carbocycles. The predicted octanol–water partition coefficient (Wildman–Crippen LogP) is 4.29. The summed E-state index contributed by atoms with van der Waals surface area (Å²) in [5, 5.41) is 2.88. The Labute approximate surface area is 152 Å². The third-order valence-electron chi connectivity index (χ3n) is 4.16. The van der Waals surface area contributed by atoms with E-state index < -0.39 is 0 Å². The summed E-state index contributed by atoms with van der Waals surface area (Å²) < 4.78 is 10.8. The average Bonchev–Trinajstić information content (AvgIpc) is 3.12. The molecule has 0 spiro atoms. The summed E-state index contributed by atoms with van der Waals surface area (Å²) in [5.74, 6) is 2.39. The van der Waals surface area contributed by atoms with Crippen LogP contribution in [-0.2, 0) is 0 Å². The SMILES string of the molecule is COc1ccc(OC)c([C@H]2SCCN2C(=O)Nc2ccc(C)cc2)c1. The summed E-state index contributed by atoms with van der Waals surface area (Å²) in [7, 11) is 3.27. The fourth-order valence-electron chi connectivity index (χ4n) is 2.80. The lowest BCUT2D eigenvalue weighted by atomic mass is 10.1. The predicted molar refractivity (Wildman–Crippen MR) is 102 cm³/mol. The Bertz CT molecular complexity index is 749. The smallest absolute Gasteiger partial charge is 0.323 e. The number of hydrogen-bond donors (Lipinski definition) is 1. The molecule has 6 heteroatoms. The monoisotopic (exact) mass is 358 g/mol. The summed E-state index contributed by atoms with van der Waals surface area (Å²) in [5.41, 5.74) is 2.90. The van der Waals surface area contributed by atoms with Crippen LogP contribution in [-0.4, -0.2) is 37.4 Å². The molecule has 1 N–H and O–H groups in total. The molecule has 1 aliphatic heterocycles. The van der Waals surface area contributed by atoms with Crippen LogP contribution in [0.4, 0.5) is 10.5 Å². The number of rotatable bonds is 4. The minimum Gasteiger partial charge on any atom is -0.497 e. The number of carbonyl (C=O) groups is 1. The van der Waals surface area contributed by atoms with Crippen LogP contribution >= 0.6 is 11.8 Å². The minimum absolute atomic E-state index is 0.101. The van der Waals surface area contributed by atoms with E-state index in [1.807, 2.05) is 54.3 Å². The zero-order chi connectivity index (χ0) is 17.8. The van der Waals surface area contributed by atoms with Crippen LogP contribution in [0.5, 0.6) is 11.5 Å². The average molecular weight is 358 g/mol. The van der Waals surface area contributed by atoms with Crippen LogP contribution in [0.15, 0.2) is 42.5 Å². The molecule has 25 heavy (non-hydrogen) atoms. The van der Waals surface area contributed by atoms with E-state index in [-0.39, 0.29) is 11.4 Å². The molecule has 1 aliphatic rings. The van der Waals surface area contributed by atoms with Gasteiger partial charge in [-0.3, -0.25) is 0 Å². The Hall–Kier alpha value is -2.34. The van der Waals surface area contributed by atoms with Gasteiger partial charge in [0.25, 0.3) is 0 Å². The van der Waals surface area contributed by atoms with Crippen LogP contribution in [0.25, 0.3) is 0 Å². The van der Waals surface area contributed by atoms with Crippen molar-refractivity contribution in [3.8, 4) is 11.5 Å². The van der Waals surface area contributed by atoms with Gasteiger partial charge in [0, 0.05) is 23.5 Å². The first kappa shape index (κ1) is 17.5. The first-order chi connectivity index (χ1) is 12.1. The second-order valence-electron chi connectivity index (χ2n) is 5.82. The van der Waals surface area contributed by atoms with Crippen LogP contribution in [0.1, 0.15) is 16.5 Å². The first-order valence-electron chi connectivity index (χ1n) is 8.10. The number of aryl methyl sites for hydroxylation is 1. The largest absolute Gasteiger partial charge is 0.497 e. The molecule has 1 heterocycles. The fraction of sp³-hybridized carbons (Fsp3) is 0.316. The molecule has 1 saturated heterocycles. The fourth-order valence-corrected chi connectivity index (χ4v) is 4.07. The Balaban J connectivity index is 1.82. The number of hydrogen-bond acceptors (Lipinski definition) is 4. The van der Waals surface area contributed by atoms with Gasteiger partial charge in [0.15, 0.2) is 0 Å². The normalized spacial score (nSPS) is 16.6. The molecule has 0 aromatic heterocycles. The molecule has 1 fully saturated rings. The molecule has 5 nitrogen and oxygen atoms in total. The Kier molecular flexibility index (Phi) is 5.38. The van der Waals surface area contributed by atoms with Crippen LogP contribution in [0.3, 0.4) is 0 Å². The molecule has 2 aromatic rings. The number of nitrogens with one attached hydrogen (secondary N) is 1. The number of nitrogens with zero attached hydrogens (tertiary/aromatic N) is 1. The number of thioether (sulfide) groups is 1. The van der Waals surface area contributed by atoms with E-state index in [1.54, 1.807) is 26.0 Å². The molecule has 0 bridgehead atoms. The van der Waals surface area contributed by atoms with Gasteiger partial charge in [0.05, 0.1) is 14.2 Å². The van der Waals surface area contributed by atoms with E-state index in [9.17, 15) is 4.79 Å². The Morgan fingerprint density at radius 1 is 1.16 bits per heavy atom. The molecular formula is C19H22N2O3S. The van der Waals surface area contributed by atoms with Crippen molar-refractivity contribution < 1.29 is 14.3 Å². The van der Waals surface area contributed by atoms with Gasteiger partial charge >= 0.3 is 6.03 Å². The standard InChI is InChI=1S/C19H22N2O3S/c1-13-4-6-14(7-5-13)20-19(22)21-10-11-25-18(21)16-12-15(23-2)8-9-17(16)24-3/h4-9,12,18H,10-11H2,1-3H3,(H,20,22)/t18-/m1/s1. The number of anilines is 1.